The van der Waals surface area contributed by atoms with E-state index in [2.05, 4.69) is 40.8 Å². The monoisotopic (exact) mass is 683 g/mol. The van der Waals surface area contributed by atoms with Crippen molar-refractivity contribution in [3.63, 3.8) is 0 Å². The van der Waals surface area contributed by atoms with Crippen molar-refractivity contribution in [2.24, 2.45) is 0 Å². The Balaban J connectivity index is 2.34. The Morgan fingerprint density at radius 3 is 2.38 bits per heavy atom. The van der Waals surface area contributed by atoms with E-state index in [4.69, 9.17) is 23.7 Å². The first-order valence-corrected chi connectivity index (χ1v) is 16.2. The van der Waals surface area contributed by atoms with Crippen LogP contribution in [-0.4, -0.2) is 49.7 Å². The molecular formula is C31H42INO6S. The first-order valence-electron chi connectivity index (χ1n) is 13.8. The van der Waals surface area contributed by atoms with Crippen LogP contribution in [0.5, 0.6) is 11.5 Å². The van der Waals surface area contributed by atoms with Crippen LogP contribution in [0.2, 0.25) is 0 Å². The molecule has 7 nitrogen and oxygen atoms in total. The van der Waals surface area contributed by atoms with Gasteiger partial charge in [-0.3, -0.25) is 0 Å². The summed E-state index contributed by atoms with van der Waals surface area (Å²) in [7, 11) is 3.16. The van der Waals surface area contributed by atoms with Gasteiger partial charge in [0, 0.05) is 22.8 Å². The molecule has 2 rings (SSSR count). The third-order valence-corrected chi connectivity index (χ3v) is 8.35. The number of carbonyl (C=O) groups is 1. The van der Waals surface area contributed by atoms with E-state index in [0.29, 0.717) is 30.1 Å². The van der Waals surface area contributed by atoms with Gasteiger partial charge >= 0.3 is 5.97 Å². The van der Waals surface area contributed by atoms with E-state index in [1.165, 1.54) is 0 Å². The number of carbonyl (C=O) groups excluding carboxylic acids is 1. The summed E-state index contributed by atoms with van der Waals surface area (Å²) in [5, 5.41) is 9.47. The van der Waals surface area contributed by atoms with E-state index in [-0.39, 0.29) is 11.4 Å². The molecule has 0 fully saturated rings. The van der Waals surface area contributed by atoms with Crippen LogP contribution >= 0.6 is 34.4 Å². The molecule has 0 N–H and O–H groups in total. The van der Waals surface area contributed by atoms with Gasteiger partial charge in [-0.15, -0.1) is 11.8 Å². The molecule has 0 heterocycles. The molecule has 0 aliphatic heterocycles. The SMILES string of the molecule is CCOC(C)OC(C#N)CCCCC(Sc1ccccc1)c1cc(OC)cc(OC)c1C(=O)OC(C)CCCI. The fourth-order valence-corrected chi connectivity index (χ4v) is 5.98. The van der Waals surface area contributed by atoms with Crippen molar-refractivity contribution < 1.29 is 28.5 Å². The van der Waals surface area contributed by atoms with Gasteiger partial charge in [-0.2, -0.15) is 5.26 Å². The van der Waals surface area contributed by atoms with Crippen LogP contribution in [0.1, 0.15) is 80.5 Å². The average molecular weight is 684 g/mol. The Morgan fingerprint density at radius 2 is 1.75 bits per heavy atom. The molecule has 220 valence electrons. The third-order valence-electron chi connectivity index (χ3n) is 6.27. The fraction of sp³-hybridized carbons (Fsp3) is 0.548. The number of unbranched alkanes of at least 4 members (excludes halogenated alkanes) is 1. The number of nitriles is 1. The van der Waals surface area contributed by atoms with E-state index in [1.807, 2.05) is 38.1 Å². The molecule has 2 aromatic carbocycles. The molecule has 0 aliphatic carbocycles. The van der Waals surface area contributed by atoms with Gasteiger partial charge in [0.1, 0.15) is 23.2 Å². The van der Waals surface area contributed by atoms with E-state index >= 15 is 0 Å². The second kappa shape index (κ2) is 19.2. The van der Waals surface area contributed by atoms with Crippen molar-refractivity contribution in [2.75, 3.05) is 25.3 Å². The van der Waals surface area contributed by atoms with Gasteiger partial charge in [-0.05, 0) is 81.1 Å². The lowest BCUT2D eigenvalue weighted by atomic mass is 9.98. The zero-order valence-corrected chi connectivity index (χ0v) is 27.2. The number of rotatable bonds is 19. The van der Waals surface area contributed by atoms with Gasteiger partial charge in [0.25, 0.3) is 0 Å². The average Bonchev–Trinajstić information content (AvgIpc) is 2.96. The maximum atomic E-state index is 13.6. The molecule has 0 aromatic heterocycles. The summed E-state index contributed by atoms with van der Waals surface area (Å²) >= 11 is 4.02. The lowest BCUT2D eigenvalue weighted by Crippen LogP contribution is -2.21. The number of hydrogen-bond donors (Lipinski definition) is 0. The number of methoxy groups -OCH3 is 2. The zero-order valence-electron chi connectivity index (χ0n) is 24.2. The smallest absolute Gasteiger partial charge is 0.342 e. The van der Waals surface area contributed by atoms with Crippen LogP contribution in [0.25, 0.3) is 0 Å². The Labute approximate surface area is 257 Å². The molecule has 0 bridgehead atoms. The van der Waals surface area contributed by atoms with Crippen LogP contribution in [0.3, 0.4) is 0 Å². The molecular weight excluding hydrogens is 641 g/mol. The fourth-order valence-electron chi connectivity index (χ4n) is 4.30. The highest BCUT2D eigenvalue weighted by atomic mass is 127. The maximum Gasteiger partial charge on any atom is 0.342 e. The summed E-state index contributed by atoms with van der Waals surface area (Å²) in [6.07, 6.45) is 3.60. The topological polar surface area (TPSA) is 87.0 Å². The van der Waals surface area contributed by atoms with Crippen molar-refractivity contribution in [1.29, 1.82) is 5.26 Å². The highest BCUT2D eigenvalue weighted by Gasteiger charge is 2.28. The van der Waals surface area contributed by atoms with Crippen LogP contribution < -0.4 is 9.47 Å². The minimum atomic E-state index is -0.534. The lowest BCUT2D eigenvalue weighted by Gasteiger charge is -2.24. The van der Waals surface area contributed by atoms with Gasteiger partial charge in [0.15, 0.2) is 6.29 Å². The van der Waals surface area contributed by atoms with Gasteiger partial charge in [0.05, 0.1) is 26.4 Å². The minimum absolute atomic E-state index is 0.0811. The van der Waals surface area contributed by atoms with E-state index in [9.17, 15) is 10.1 Å². The number of nitrogens with zero attached hydrogens (tertiary/aromatic N) is 1. The molecule has 0 radical (unpaired) electrons. The quantitative estimate of drug-likeness (QED) is 0.0366. The first-order chi connectivity index (χ1) is 19.4. The van der Waals surface area contributed by atoms with Crippen molar-refractivity contribution in [1.82, 2.24) is 0 Å². The van der Waals surface area contributed by atoms with E-state index in [1.54, 1.807) is 39.0 Å². The Morgan fingerprint density at radius 1 is 1.02 bits per heavy atom. The van der Waals surface area contributed by atoms with Gasteiger partial charge < -0.3 is 23.7 Å². The number of halogens is 1. The predicted molar refractivity (Wildman–Crippen MR) is 168 cm³/mol. The molecule has 0 amide bonds. The molecule has 0 saturated carbocycles. The van der Waals surface area contributed by atoms with Crippen LogP contribution in [-0.2, 0) is 14.2 Å². The van der Waals surface area contributed by atoms with Crippen LogP contribution in [0.4, 0.5) is 0 Å². The standard InChI is InChI=1S/C31H42INO6S/c1-6-37-23(3)39-24(21-33)14-10-11-17-29(40-26-15-8-7-9-16-26)27-19-25(35-4)20-28(36-5)30(27)31(34)38-22(2)13-12-18-32/h7-9,15-16,19-20,22-24,29H,6,10-14,17-18H2,1-5H3. The van der Waals surface area contributed by atoms with Gasteiger partial charge in [-0.25, -0.2) is 4.79 Å². The molecule has 0 aliphatic rings. The summed E-state index contributed by atoms with van der Waals surface area (Å²) in [4.78, 5) is 14.7. The van der Waals surface area contributed by atoms with Crippen molar-refractivity contribution in [2.45, 2.75) is 87.9 Å². The largest absolute Gasteiger partial charge is 0.497 e. The highest BCUT2D eigenvalue weighted by Crippen LogP contribution is 2.44. The van der Waals surface area contributed by atoms with Gasteiger partial charge in [-0.1, -0.05) is 47.2 Å². The molecule has 4 unspecified atom stereocenters. The zero-order chi connectivity index (χ0) is 29.3. The van der Waals surface area contributed by atoms with Crippen LogP contribution in [0.15, 0.2) is 47.4 Å². The summed E-state index contributed by atoms with van der Waals surface area (Å²) in [6, 6.07) is 16.0. The number of hydrogen-bond acceptors (Lipinski definition) is 8. The molecule has 0 saturated heterocycles. The number of thioether (sulfide) groups is 1. The summed E-state index contributed by atoms with van der Waals surface area (Å²) < 4.78 is 29.3. The van der Waals surface area contributed by atoms with Crippen LogP contribution in [0, 0.1) is 11.3 Å². The summed E-state index contributed by atoms with van der Waals surface area (Å²) in [5.41, 5.74) is 1.25. The summed E-state index contributed by atoms with van der Waals surface area (Å²) in [6.45, 7) is 6.16. The lowest BCUT2D eigenvalue weighted by molar-refractivity contribution is -0.145. The number of benzene rings is 2. The molecule has 0 spiro atoms. The Bertz CT molecular complexity index is 1060. The number of ether oxygens (including phenoxy) is 5. The second-order valence-corrected chi connectivity index (χ2v) is 11.7. The summed E-state index contributed by atoms with van der Waals surface area (Å²) in [5.74, 6) is 0.654. The predicted octanol–water partition coefficient (Wildman–Crippen LogP) is 8.15. The molecule has 9 heteroatoms. The molecule has 4 atom stereocenters. The maximum absolute atomic E-state index is 13.6. The minimum Gasteiger partial charge on any atom is -0.497 e. The second-order valence-electron chi connectivity index (χ2n) is 9.32. The number of alkyl halides is 1. The Kier molecular flexibility index (Phi) is 16.4. The normalized spacial score (nSPS) is 14.0. The van der Waals surface area contributed by atoms with Crippen molar-refractivity contribution >= 4 is 40.3 Å². The van der Waals surface area contributed by atoms with Gasteiger partial charge in [0.2, 0.25) is 0 Å². The van der Waals surface area contributed by atoms with Crippen molar-refractivity contribution in [3.05, 3.63) is 53.6 Å². The molecule has 2 aromatic rings. The number of esters is 1. The third kappa shape index (κ3) is 11.5. The van der Waals surface area contributed by atoms with Crippen molar-refractivity contribution in [3.8, 4) is 17.6 Å². The van der Waals surface area contributed by atoms with E-state index in [0.717, 1.165) is 47.0 Å². The molecule has 40 heavy (non-hydrogen) atoms. The Hall–Kier alpha value is -2.00. The highest BCUT2D eigenvalue weighted by molar-refractivity contribution is 14.1. The van der Waals surface area contributed by atoms with E-state index < -0.39 is 18.4 Å². The first kappa shape index (κ1) is 34.2.